The highest BCUT2D eigenvalue weighted by Crippen LogP contribution is 2.24. The quantitative estimate of drug-likeness (QED) is 0.546. The van der Waals surface area contributed by atoms with E-state index in [4.69, 9.17) is 0 Å². The van der Waals surface area contributed by atoms with Gasteiger partial charge in [-0.2, -0.15) is 0 Å². The standard InChI is InChI=1S/C21H19N7OS/c29-21(20-24-16-3-1-2-4-17(16)30-20)28-13-11-27(12-14-28)19-6-5-18(25-26-19)23-15-7-9-22-10-8-15/h1-10H,11-14H2,(H,22,23,25). The molecule has 1 aliphatic rings. The summed E-state index contributed by atoms with van der Waals surface area (Å²) >= 11 is 1.45. The SMILES string of the molecule is O=C(c1nc2ccccc2s1)N1CCN(c2ccc(Nc3ccncc3)nn2)CC1. The molecule has 0 aliphatic carbocycles. The Hall–Kier alpha value is -3.59. The van der Waals surface area contributed by atoms with Gasteiger partial charge in [0.1, 0.15) is 0 Å². The fourth-order valence-corrected chi connectivity index (χ4v) is 4.31. The van der Waals surface area contributed by atoms with Gasteiger partial charge in [0.05, 0.1) is 10.2 Å². The van der Waals surface area contributed by atoms with Crippen molar-refractivity contribution in [2.75, 3.05) is 36.4 Å². The molecule has 9 heteroatoms. The Bertz CT molecular complexity index is 1120. The number of fused-ring (bicyclic) bond motifs is 1. The van der Waals surface area contributed by atoms with Gasteiger partial charge in [0.15, 0.2) is 16.6 Å². The number of para-hydroxylation sites is 1. The molecule has 0 spiro atoms. The van der Waals surface area contributed by atoms with Crippen LogP contribution >= 0.6 is 11.3 Å². The first-order chi connectivity index (χ1) is 14.8. The molecule has 4 heterocycles. The number of carbonyl (C=O) groups is 1. The van der Waals surface area contributed by atoms with E-state index < -0.39 is 0 Å². The number of amides is 1. The van der Waals surface area contributed by atoms with Crippen LogP contribution < -0.4 is 10.2 Å². The summed E-state index contributed by atoms with van der Waals surface area (Å²) in [6, 6.07) is 15.4. The highest BCUT2D eigenvalue weighted by molar-refractivity contribution is 7.20. The van der Waals surface area contributed by atoms with E-state index in [2.05, 4.69) is 30.4 Å². The topological polar surface area (TPSA) is 87.1 Å². The minimum Gasteiger partial charge on any atom is -0.352 e. The molecule has 0 atom stereocenters. The van der Waals surface area contributed by atoms with Gasteiger partial charge < -0.3 is 15.1 Å². The number of hydrogen-bond donors (Lipinski definition) is 1. The van der Waals surface area contributed by atoms with Crippen molar-refractivity contribution < 1.29 is 4.79 Å². The van der Waals surface area contributed by atoms with E-state index in [-0.39, 0.29) is 5.91 Å². The number of pyridine rings is 1. The van der Waals surface area contributed by atoms with Gasteiger partial charge in [-0.3, -0.25) is 9.78 Å². The molecule has 1 saturated heterocycles. The number of nitrogens with zero attached hydrogens (tertiary/aromatic N) is 6. The number of benzene rings is 1. The van der Waals surface area contributed by atoms with Gasteiger partial charge in [-0.1, -0.05) is 12.1 Å². The number of rotatable bonds is 4. The van der Waals surface area contributed by atoms with Crippen LogP contribution in [-0.2, 0) is 0 Å². The van der Waals surface area contributed by atoms with Crippen LogP contribution in [0.15, 0.2) is 60.9 Å². The predicted octanol–water partition coefficient (Wildman–Crippen LogP) is 3.19. The van der Waals surface area contributed by atoms with Crippen molar-refractivity contribution >= 4 is 44.8 Å². The van der Waals surface area contributed by atoms with Gasteiger partial charge in [-0.15, -0.1) is 21.5 Å². The Morgan fingerprint density at radius 1 is 0.933 bits per heavy atom. The van der Waals surface area contributed by atoms with Gasteiger partial charge >= 0.3 is 0 Å². The molecule has 0 unspecified atom stereocenters. The van der Waals surface area contributed by atoms with Gasteiger partial charge in [0.25, 0.3) is 5.91 Å². The van der Waals surface area contributed by atoms with E-state index in [1.807, 2.05) is 53.4 Å². The minimum atomic E-state index is -0.00108. The molecule has 0 radical (unpaired) electrons. The molecule has 1 N–H and O–H groups in total. The average Bonchev–Trinajstić information content (AvgIpc) is 3.24. The highest BCUT2D eigenvalue weighted by Gasteiger charge is 2.25. The summed E-state index contributed by atoms with van der Waals surface area (Å²) in [5.74, 6) is 1.48. The van der Waals surface area contributed by atoms with Crippen LogP contribution in [0.2, 0.25) is 0 Å². The molecule has 1 aromatic carbocycles. The molecule has 0 saturated carbocycles. The van der Waals surface area contributed by atoms with E-state index in [0.29, 0.717) is 37.0 Å². The number of carbonyl (C=O) groups excluding carboxylic acids is 1. The molecule has 1 amide bonds. The normalized spacial score (nSPS) is 14.1. The first-order valence-electron chi connectivity index (χ1n) is 9.67. The second kappa shape index (κ2) is 8.03. The molecule has 30 heavy (non-hydrogen) atoms. The molecule has 5 rings (SSSR count). The van der Waals surface area contributed by atoms with Crippen molar-refractivity contribution in [3.8, 4) is 0 Å². The molecule has 150 valence electrons. The molecule has 1 aliphatic heterocycles. The Labute approximate surface area is 177 Å². The maximum Gasteiger partial charge on any atom is 0.282 e. The van der Waals surface area contributed by atoms with Crippen molar-refractivity contribution in [1.82, 2.24) is 25.1 Å². The van der Waals surface area contributed by atoms with E-state index in [9.17, 15) is 4.79 Å². The van der Waals surface area contributed by atoms with Crippen molar-refractivity contribution in [2.45, 2.75) is 0 Å². The first kappa shape index (κ1) is 18.4. The van der Waals surface area contributed by atoms with Gasteiger partial charge in [-0.05, 0) is 36.4 Å². The monoisotopic (exact) mass is 417 g/mol. The molecule has 3 aromatic heterocycles. The van der Waals surface area contributed by atoms with Crippen LogP contribution in [0.1, 0.15) is 9.80 Å². The van der Waals surface area contributed by atoms with Crippen LogP contribution in [0.3, 0.4) is 0 Å². The van der Waals surface area contributed by atoms with Crippen LogP contribution in [-0.4, -0.2) is 57.2 Å². The third kappa shape index (κ3) is 3.79. The number of thiazole rings is 1. The van der Waals surface area contributed by atoms with Crippen LogP contribution in [0, 0.1) is 0 Å². The summed E-state index contributed by atoms with van der Waals surface area (Å²) < 4.78 is 1.04. The summed E-state index contributed by atoms with van der Waals surface area (Å²) in [5, 5.41) is 12.3. The summed E-state index contributed by atoms with van der Waals surface area (Å²) in [6.45, 7) is 2.69. The lowest BCUT2D eigenvalue weighted by atomic mass is 10.3. The Morgan fingerprint density at radius 3 is 2.47 bits per heavy atom. The summed E-state index contributed by atoms with van der Waals surface area (Å²) in [4.78, 5) is 25.3. The molecule has 8 nitrogen and oxygen atoms in total. The van der Waals surface area contributed by atoms with E-state index in [0.717, 1.165) is 21.7 Å². The van der Waals surface area contributed by atoms with E-state index in [1.165, 1.54) is 11.3 Å². The molecular formula is C21H19N7OS. The smallest absolute Gasteiger partial charge is 0.282 e. The zero-order chi connectivity index (χ0) is 20.3. The van der Waals surface area contributed by atoms with Crippen molar-refractivity contribution in [2.24, 2.45) is 0 Å². The van der Waals surface area contributed by atoms with Crippen molar-refractivity contribution in [3.05, 3.63) is 65.9 Å². The first-order valence-corrected chi connectivity index (χ1v) is 10.5. The number of piperazine rings is 1. The lowest BCUT2D eigenvalue weighted by molar-refractivity contribution is 0.0746. The third-order valence-electron chi connectivity index (χ3n) is 4.97. The summed E-state index contributed by atoms with van der Waals surface area (Å²) in [6.07, 6.45) is 3.44. The molecule has 1 fully saturated rings. The average molecular weight is 417 g/mol. The zero-order valence-electron chi connectivity index (χ0n) is 16.1. The van der Waals surface area contributed by atoms with Crippen LogP contribution in [0.5, 0.6) is 0 Å². The van der Waals surface area contributed by atoms with Crippen molar-refractivity contribution in [1.29, 1.82) is 0 Å². The fraction of sp³-hybridized carbons (Fsp3) is 0.190. The highest BCUT2D eigenvalue weighted by atomic mass is 32.1. The lowest BCUT2D eigenvalue weighted by Crippen LogP contribution is -2.49. The van der Waals surface area contributed by atoms with Gasteiger partial charge in [0, 0.05) is 44.3 Å². The predicted molar refractivity (Wildman–Crippen MR) is 117 cm³/mol. The second-order valence-corrected chi connectivity index (χ2v) is 7.93. The fourth-order valence-electron chi connectivity index (χ4n) is 3.38. The van der Waals surface area contributed by atoms with Crippen LogP contribution in [0.4, 0.5) is 17.3 Å². The Balaban J connectivity index is 1.20. The number of anilines is 3. The third-order valence-corrected chi connectivity index (χ3v) is 6.00. The van der Waals surface area contributed by atoms with Crippen molar-refractivity contribution in [3.63, 3.8) is 0 Å². The summed E-state index contributed by atoms with van der Waals surface area (Å²) in [5.41, 5.74) is 1.79. The summed E-state index contributed by atoms with van der Waals surface area (Å²) in [7, 11) is 0. The minimum absolute atomic E-state index is 0.00108. The van der Waals surface area contributed by atoms with Gasteiger partial charge in [0.2, 0.25) is 0 Å². The largest absolute Gasteiger partial charge is 0.352 e. The molecule has 0 bridgehead atoms. The lowest BCUT2D eigenvalue weighted by Gasteiger charge is -2.34. The van der Waals surface area contributed by atoms with Gasteiger partial charge in [-0.25, -0.2) is 4.98 Å². The van der Waals surface area contributed by atoms with E-state index >= 15 is 0 Å². The Kier molecular flexibility index (Phi) is 4.94. The number of nitrogens with one attached hydrogen (secondary N) is 1. The van der Waals surface area contributed by atoms with Crippen LogP contribution in [0.25, 0.3) is 10.2 Å². The number of aromatic nitrogens is 4. The second-order valence-electron chi connectivity index (χ2n) is 6.90. The Morgan fingerprint density at radius 2 is 1.73 bits per heavy atom. The van der Waals surface area contributed by atoms with E-state index in [1.54, 1.807) is 12.4 Å². The maximum atomic E-state index is 12.8. The maximum absolute atomic E-state index is 12.8. The molecule has 4 aromatic rings. The zero-order valence-corrected chi connectivity index (χ0v) is 16.9. The number of hydrogen-bond acceptors (Lipinski definition) is 8. The molecular weight excluding hydrogens is 398 g/mol.